The van der Waals surface area contributed by atoms with Gasteiger partial charge in [0.05, 0.1) is 12.3 Å². The van der Waals surface area contributed by atoms with Gasteiger partial charge < -0.3 is 9.15 Å². The smallest absolute Gasteiger partial charge is 0.135 e. The second-order valence-corrected chi connectivity index (χ2v) is 14.9. The summed E-state index contributed by atoms with van der Waals surface area (Å²) in [5.74, 6) is 2.19. The second kappa shape index (κ2) is 16.6. The highest BCUT2D eigenvalue weighted by atomic mass is 16.5. The predicted octanol–water partition coefficient (Wildman–Crippen LogP) is 14.0. The van der Waals surface area contributed by atoms with Crippen molar-refractivity contribution in [3.8, 4) is 22.3 Å². The Morgan fingerprint density at radius 3 is 2.36 bits per heavy atom. The maximum atomic E-state index is 6.52. The van der Waals surface area contributed by atoms with E-state index >= 15 is 0 Å². The van der Waals surface area contributed by atoms with Crippen LogP contribution in [0.2, 0.25) is 0 Å². The number of furan rings is 1. The average molecular weight is 735 g/mol. The van der Waals surface area contributed by atoms with Gasteiger partial charge in [0.2, 0.25) is 0 Å². The predicted molar refractivity (Wildman–Crippen MR) is 239 cm³/mol. The summed E-state index contributed by atoms with van der Waals surface area (Å²) in [4.78, 5) is 9.14. The quantitative estimate of drug-likeness (QED) is 0.113. The van der Waals surface area contributed by atoms with Crippen LogP contribution in [0.5, 0.6) is 0 Å². The Kier molecular flexibility index (Phi) is 11.3. The lowest BCUT2D eigenvalue weighted by atomic mass is 9.81. The number of nitrogens with zero attached hydrogens (tertiary/aromatic N) is 2. The van der Waals surface area contributed by atoms with Crippen LogP contribution in [0.25, 0.3) is 50.9 Å². The third-order valence-electron chi connectivity index (χ3n) is 10.5. The molecule has 4 heteroatoms. The van der Waals surface area contributed by atoms with Gasteiger partial charge in [0.1, 0.15) is 22.7 Å². The molecule has 5 aromatic rings. The van der Waals surface area contributed by atoms with Gasteiger partial charge in [-0.3, -0.25) is 9.98 Å². The van der Waals surface area contributed by atoms with Gasteiger partial charge >= 0.3 is 0 Å². The Morgan fingerprint density at radius 2 is 1.62 bits per heavy atom. The minimum Gasteiger partial charge on any atom is -0.486 e. The van der Waals surface area contributed by atoms with Crippen molar-refractivity contribution in [1.82, 2.24) is 0 Å². The van der Waals surface area contributed by atoms with Crippen LogP contribution in [0.4, 0.5) is 0 Å². The summed E-state index contributed by atoms with van der Waals surface area (Å²) >= 11 is 0. The maximum absolute atomic E-state index is 6.52. The fraction of sp³-hybridized carbons (Fsp3) is 0.192. The van der Waals surface area contributed by atoms with Gasteiger partial charge in [-0.1, -0.05) is 118 Å². The number of hydrogen-bond acceptors (Lipinski definition) is 4. The molecule has 4 nitrogen and oxygen atoms in total. The molecule has 0 radical (unpaired) electrons. The Hall–Kier alpha value is -6.26. The van der Waals surface area contributed by atoms with E-state index in [1.54, 1.807) is 6.20 Å². The number of rotatable bonds is 13. The fourth-order valence-electron chi connectivity index (χ4n) is 7.64. The molecule has 0 amide bonds. The summed E-state index contributed by atoms with van der Waals surface area (Å²) in [6, 6.07) is 32.4. The molecule has 2 aliphatic rings. The highest BCUT2D eigenvalue weighted by Gasteiger charge is 2.42. The minimum absolute atomic E-state index is 0.288. The molecule has 1 aliphatic carbocycles. The van der Waals surface area contributed by atoms with Gasteiger partial charge in [0, 0.05) is 46.2 Å². The van der Waals surface area contributed by atoms with E-state index in [0.29, 0.717) is 6.54 Å². The van der Waals surface area contributed by atoms with Gasteiger partial charge in [-0.15, -0.1) is 0 Å². The lowest BCUT2D eigenvalue weighted by Crippen LogP contribution is -2.28. The molecule has 1 aromatic heterocycles. The monoisotopic (exact) mass is 734 g/mol. The summed E-state index contributed by atoms with van der Waals surface area (Å²) in [5, 5.41) is 1.12. The molecule has 1 unspecified atom stereocenters. The molecule has 0 bridgehead atoms. The summed E-state index contributed by atoms with van der Waals surface area (Å²) < 4.78 is 12.7. The Balaban J connectivity index is 1.16. The molecule has 0 fully saturated rings. The second-order valence-electron chi connectivity index (χ2n) is 14.9. The molecule has 0 N–H and O–H groups in total. The van der Waals surface area contributed by atoms with E-state index in [1.165, 1.54) is 11.1 Å². The fourth-order valence-corrected chi connectivity index (χ4v) is 7.64. The normalized spacial score (nSPS) is 17.3. The van der Waals surface area contributed by atoms with Crippen LogP contribution in [0, 0.1) is 5.92 Å². The molecule has 0 saturated carbocycles. The van der Waals surface area contributed by atoms with E-state index in [9.17, 15) is 0 Å². The van der Waals surface area contributed by atoms with Crippen molar-refractivity contribution < 1.29 is 9.15 Å². The number of hydrogen-bond donors (Lipinski definition) is 0. The summed E-state index contributed by atoms with van der Waals surface area (Å²) in [6.45, 7) is 19.0. The largest absolute Gasteiger partial charge is 0.486 e. The first-order valence-corrected chi connectivity index (χ1v) is 19.6. The number of allylic oxidation sites excluding steroid dienone is 7. The minimum atomic E-state index is -0.369. The molecule has 280 valence electrons. The first kappa shape index (κ1) is 38.0. The molecule has 56 heavy (non-hydrogen) atoms. The van der Waals surface area contributed by atoms with Gasteiger partial charge in [-0.25, -0.2) is 0 Å². The topological polar surface area (TPSA) is 47.1 Å². The lowest BCUT2D eigenvalue weighted by molar-refractivity contribution is 0.0590. The zero-order valence-corrected chi connectivity index (χ0v) is 33.2. The van der Waals surface area contributed by atoms with E-state index in [4.69, 9.17) is 14.1 Å². The SMILES string of the molecule is C=CC1=C(C(C)C)OC2(C)CC=C(c3cccc(C(/C=C\N=C)=NCc4cccc(-c5cccc(-c6ccc7oc(/C=C\C)c(/C=C\CC)c7c6)c5)c4)c3)C=C12. The van der Waals surface area contributed by atoms with Crippen molar-refractivity contribution in [1.29, 1.82) is 0 Å². The van der Waals surface area contributed by atoms with Crippen LogP contribution in [-0.4, -0.2) is 18.0 Å². The highest BCUT2D eigenvalue weighted by molar-refractivity contribution is 6.09. The third-order valence-corrected chi connectivity index (χ3v) is 10.5. The van der Waals surface area contributed by atoms with E-state index in [-0.39, 0.29) is 11.5 Å². The Bertz CT molecular complexity index is 2530. The molecule has 0 spiro atoms. The van der Waals surface area contributed by atoms with Crippen molar-refractivity contribution in [2.75, 3.05) is 0 Å². The van der Waals surface area contributed by atoms with E-state index in [2.05, 4.69) is 161 Å². The molecule has 4 aromatic carbocycles. The van der Waals surface area contributed by atoms with Crippen molar-refractivity contribution in [3.05, 3.63) is 185 Å². The number of benzene rings is 4. The molecular formula is C52H50N2O2. The van der Waals surface area contributed by atoms with Crippen LogP contribution >= 0.6 is 0 Å². The van der Waals surface area contributed by atoms with Crippen LogP contribution in [0.3, 0.4) is 0 Å². The first-order valence-electron chi connectivity index (χ1n) is 19.6. The van der Waals surface area contributed by atoms with Crippen molar-refractivity contribution in [2.45, 2.75) is 59.6 Å². The molecule has 1 atom stereocenters. The molecular weight excluding hydrogens is 685 g/mol. The summed E-state index contributed by atoms with van der Waals surface area (Å²) in [6.07, 6.45) is 20.3. The van der Waals surface area contributed by atoms with E-state index in [1.807, 2.05) is 31.2 Å². The lowest BCUT2D eigenvalue weighted by Gasteiger charge is -2.30. The Labute approximate surface area is 332 Å². The zero-order chi connectivity index (χ0) is 39.2. The van der Waals surface area contributed by atoms with Crippen molar-refractivity contribution in [2.24, 2.45) is 15.9 Å². The first-order chi connectivity index (χ1) is 27.2. The summed E-state index contributed by atoms with van der Waals surface area (Å²) in [7, 11) is 0. The van der Waals surface area contributed by atoms with Crippen LogP contribution in [0.15, 0.2) is 172 Å². The Morgan fingerprint density at radius 1 is 0.893 bits per heavy atom. The van der Waals surface area contributed by atoms with Crippen LogP contribution < -0.4 is 0 Å². The van der Waals surface area contributed by atoms with Gasteiger partial charge in [-0.05, 0) is 114 Å². The number of aliphatic imine (C=N–C) groups is 2. The molecule has 2 heterocycles. The third kappa shape index (κ3) is 7.79. The maximum Gasteiger partial charge on any atom is 0.135 e. The van der Waals surface area contributed by atoms with Gasteiger partial charge in [-0.2, -0.15) is 0 Å². The van der Waals surface area contributed by atoms with E-state index in [0.717, 1.165) is 91.1 Å². The highest BCUT2D eigenvalue weighted by Crippen LogP contribution is 2.48. The van der Waals surface area contributed by atoms with Gasteiger partial charge in [0.25, 0.3) is 0 Å². The van der Waals surface area contributed by atoms with Crippen LogP contribution in [0.1, 0.15) is 75.5 Å². The van der Waals surface area contributed by atoms with Crippen LogP contribution in [-0.2, 0) is 11.3 Å². The van der Waals surface area contributed by atoms with Crippen molar-refractivity contribution >= 4 is 41.1 Å². The van der Waals surface area contributed by atoms with Gasteiger partial charge in [0.15, 0.2) is 0 Å². The number of fused-ring (bicyclic) bond motifs is 2. The number of ether oxygens (including phenoxy) is 1. The molecule has 0 saturated heterocycles. The van der Waals surface area contributed by atoms with E-state index < -0.39 is 0 Å². The zero-order valence-electron chi connectivity index (χ0n) is 33.2. The molecule has 1 aliphatic heterocycles. The van der Waals surface area contributed by atoms with Crippen molar-refractivity contribution in [3.63, 3.8) is 0 Å². The molecule has 7 rings (SSSR count). The standard InChI is InChI=1S/C52H50N2O2/c1-8-11-22-45-46-32-41(23-24-50(46)55-49(45)15-9-2)39-19-13-18-38(30-39)37-17-12-16-36(29-37)34-54-48(26-28-53-7)43-21-14-20-40(31-43)42-25-27-52(6)47(33-42)44(10-3)51(56-52)35(4)5/h9-26,28-33,35H,3,7-8,27,34H2,1-2,4-6H3/b15-9-,22-11-,28-26-,54-48?. The summed E-state index contributed by atoms with van der Waals surface area (Å²) in [5.41, 5.74) is 13.8. The average Bonchev–Trinajstić information content (AvgIpc) is 3.73.